The van der Waals surface area contributed by atoms with Crippen molar-refractivity contribution in [2.75, 3.05) is 6.54 Å². The molecule has 9 nitrogen and oxygen atoms in total. The summed E-state index contributed by atoms with van der Waals surface area (Å²) in [4.78, 5) is 23.1. The van der Waals surface area contributed by atoms with Crippen LogP contribution in [0.1, 0.15) is 37.4 Å². The molecule has 0 bridgehead atoms. The Bertz CT molecular complexity index is 1210. The molecule has 0 saturated carbocycles. The van der Waals surface area contributed by atoms with E-state index in [9.17, 15) is 4.79 Å². The summed E-state index contributed by atoms with van der Waals surface area (Å²) in [6, 6.07) is 13.5. The summed E-state index contributed by atoms with van der Waals surface area (Å²) in [5, 5.41) is 13.6. The topological polar surface area (TPSA) is 103 Å². The Morgan fingerprint density at radius 1 is 1.03 bits per heavy atom. The predicted molar refractivity (Wildman–Crippen MR) is 122 cm³/mol. The molecule has 5 rings (SSSR count). The first-order valence-corrected chi connectivity index (χ1v) is 11.9. The first-order valence-electron chi connectivity index (χ1n) is 10.9. The van der Waals surface area contributed by atoms with E-state index in [4.69, 9.17) is 4.52 Å². The fourth-order valence-electron chi connectivity index (χ4n) is 3.76. The average Bonchev–Trinajstić information content (AvgIpc) is 3.44. The van der Waals surface area contributed by atoms with Crippen molar-refractivity contribution < 1.29 is 9.32 Å². The van der Waals surface area contributed by atoms with Crippen LogP contribution in [0.15, 0.2) is 64.5 Å². The van der Waals surface area contributed by atoms with Gasteiger partial charge in [-0.05, 0) is 25.0 Å². The molecular weight excluding hydrogens is 438 g/mol. The van der Waals surface area contributed by atoms with Gasteiger partial charge in [0.2, 0.25) is 17.6 Å². The third kappa shape index (κ3) is 4.95. The lowest BCUT2D eigenvalue weighted by Crippen LogP contribution is -2.31. The molecule has 10 heteroatoms. The maximum atomic E-state index is 12.5. The fraction of sp³-hybridized carbons (Fsp3) is 0.304. The first-order chi connectivity index (χ1) is 16.3. The number of carbonyl (C=O) groups excluding carboxylic acids is 1. The second-order valence-electron chi connectivity index (χ2n) is 7.74. The number of carbonyl (C=O) groups is 1. The van der Waals surface area contributed by atoms with Crippen molar-refractivity contribution in [2.24, 2.45) is 0 Å². The summed E-state index contributed by atoms with van der Waals surface area (Å²) < 4.78 is 7.39. The smallest absolute Gasteiger partial charge is 0.237 e. The van der Waals surface area contributed by atoms with Crippen molar-refractivity contribution in [3.05, 3.63) is 66.6 Å². The highest BCUT2D eigenvalue weighted by Gasteiger charge is 2.22. The Kier molecular flexibility index (Phi) is 6.43. The minimum Gasteiger partial charge on any atom is -0.338 e. The number of thioether (sulfide) groups is 1. The first kappa shape index (κ1) is 21.3. The van der Waals surface area contributed by atoms with Crippen molar-refractivity contribution in [2.45, 2.75) is 43.1 Å². The molecule has 0 atom stereocenters. The average molecular weight is 462 g/mol. The molecule has 168 valence electrons. The van der Waals surface area contributed by atoms with Gasteiger partial charge in [0.25, 0.3) is 0 Å². The quantitative estimate of drug-likeness (QED) is 0.382. The largest absolute Gasteiger partial charge is 0.338 e. The number of rotatable bonds is 7. The van der Waals surface area contributed by atoms with Crippen molar-refractivity contribution in [3.8, 4) is 17.1 Å². The Morgan fingerprint density at radius 3 is 2.79 bits per heavy atom. The highest BCUT2D eigenvalue weighted by molar-refractivity contribution is 7.98. The van der Waals surface area contributed by atoms with Crippen molar-refractivity contribution in [3.63, 3.8) is 0 Å². The molecule has 1 fully saturated rings. The number of pyridine rings is 1. The molecular formula is C23H23N7O2S. The van der Waals surface area contributed by atoms with Gasteiger partial charge in [-0.1, -0.05) is 53.7 Å². The zero-order valence-corrected chi connectivity index (χ0v) is 18.8. The van der Waals surface area contributed by atoms with Crippen LogP contribution in [0.2, 0.25) is 0 Å². The van der Waals surface area contributed by atoms with Crippen molar-refractivity contribution >= 4 is 17.7 Å². The number of nitrogens with zero attached hydrogens (tertiary/aromatic N) is 7. The summed E-state index contributed by atoms with van der Waals surface area (Å²) in [5.41, 5.74) is 1.75. The zero-order chi connectivity index (χ0) is 22.5. The Morgan fingerprint density at radius 2 is 1.94 bits per heavy atom. The maximum absolute atomic E-state index is 12.5. The summed E-state index contributed by atoms with van der Waals surface area (Å²) in [7, 11) is 0. The van der Waals surface area contributed by atoms with Gasteiger partial charge in [0.05, 0.1) is 24.2 Å². The van der Waals surface area contributed by atoms with Gasteiger partial charge >= 0.3 is 0 Å². The number of hydrogen-bond donors (Lipinski definition) is 0. The molecule has 1 amide bonds. The third-order valence-electron chi connectivity index (χ3n) is 5.43. The van der Waals surface area contributed by atoms with Crippen LogP contribution in [0.5, 0.6) is 0 Å². The summed E-state index contributed by atoms with van der Waals surface area (Å²) in [6.07, 6.45) is 7.11. The molecule has 4 aromatic rings. The molecule has 0 aliphatic carbocycles. The van der Waals surface area contributed by atoms with Gasteiger partial charge in [-0.25, -0.2) is 0 Å². The number of aromatic nitrogens is 6. The standard InChI is InChI=1S/C23H23N7O2S/c31-21-11-5-2-6-13-29(21)15-19-26-27-23(30(19)18-10-7-12-24-14-18)33-16-20-25-22(28-32-20)17-8-3-1-4-9-17/h1,3-4,7-10,12,14H,2,5-6,11,13,15-16H2. The minimum atomic E-state index is 0.168. The van der Waals surface area contributed by atoms with Crippen LogP contribution in [0.3, 0.4) is 0 Å². The predicted octanol–water partition coefficient (Wildman–Crippen LogP) is 3.91. The van der Waals surface area contributed by atoms with E-state index in [1.54, 1.807) is 12.4 Å². The Hall–Kier alpha value is -3.53. The molecule has 0 N–H and O–H groups in total. The lowest BCUT2D eigenvalue weighted by atomic mass is 10.2. The Labute approximate surface area is 195 Å². The maximum Gasteiger partial charge on any atom is 0.237 e. The van der Waals surface area contributed by atoms with Crippen LogP contribution < -0.4 is 0 Å². The van der Waals surface area contributed by atoms with Crippen LogP contribution in [-0.4, -0.2) is 47.2 Å². The molecule has 4 heterocycles. The number of amides is 1. The van der Waals surface area contributed by atoms with E-state index in [2.05, 4.69) is 25.3 Å². The normalized spacial score (nSPS) is 14.4. The lowest BCUT2D eigenvalue weighted by Gasteiger charge is -2.20. The van der Waals surface area contributed by atoms with Crippen LogP contribution in [0.25, 0.3) is 17.1 Å². The van der Waals surface area contributed by atoms with Crippen molar-refractivity contribution in [1.82, 2.24) is 34.8 Å². The van der Waals surface area contributed by atoms with E-state index in [1.807, 2.05) is 51.9 Å². The fourth-order valence-corrected chi connectivity index (χ4v) is 4.57. The van der Waals surface area contributed by atoms with Crippen LogP contribution in [-0.2, 0) is 17.1 Å². The minimum absolute atomic E-state index is 0.168. The van der Waals surface area contributed by atoms with Crippen LogP contribution in [0, 0.1) is 0 Å². The van der Waals surface area contributed by atoms with Gasteiger partial charge in [-0.2, -0.15) is 4.98 Å². The van der Waals surface area contributed by atoms with Gasteiger partial charge in [-0.15, -0.1) is 10.2 Å². The molecule has 33 heavy (non-hydrogen) atoms. The van der Waals surface area contributed by atoms with Crippen LogP contribution in [0.4, 0.5) is 0 Å². The summed E-state index contributed by atoms with van der Waals surface area (Å²) >= 11 is 1.45. The Balaban J connectivity index is 1.37. The molecule has 1 saturated heterocycles. The van der Waals surface area contributed by atoms with Gasteiger partial charge in [0.15, 0.2) is 11.0 Å². The number of hydrogen-bond acceptors (Lipinski definition) is 8. The molecule has 1 aliphatic heterocycles. The van der Waals surface area contributed by atoms with Crippen LogP contribution >= 0.6 is 11.8 Å². The third-order valence-corrected chi connectivity index (χ3v) is 6.35. The highest BCUT2D eigenvalue weighted by Crippen LogP contribution is 2.26. The van der Waals surface area contributed by atoms with Gasteiger partial charge in [0.1, 0.15) is 0 Å². The van der Waals surface area contributed by atoms with E-state index in [-0.39, 0.29) is 5.91 Å². The zero-order valence-electron chi connectivity index (χ0n) is 18.0. The molecule has 1 aromatic carbocycles. The van der Waals surface area contributed by atoms with E-state index < -0.39 is 0 Å². The molecule has 0 unspecified atom stereocenters. The van der Waals surface area contributed by atoms with Crippen molar-refractivity contribution in [1.29, 1.82) is 0 Å². The second kappa shape index (κ2) is 9.95. The number of likely N-dealkylation sites (tertiary alicyclic amines) is 1. The molecule has 0 radical (unpaired) electrons. The summed E-state index contributed by atoms with van der Waals surface area (Å²) in [6.45, 7) is 1.16. The van der Waals surface area contributed by atoms with Gasteiger partial charge < -0.3 is 9.42 Å². The van der Waals surface area contributed by atoms with Gasteiger partial charge in [0, 0.05) is 24.7 Å². The number of benzene rings is 1. The van der Waals surface area contributed by atoms with E-state index in [0.29, 0.717) is 41.4 Å². The highest BCUT2D eigenvalue weighted by atomic mass is 32.2. The van der Waals surface area contributed by atoms with E-state index in [0.717, 1.165) is 37.1 Å². The monoisotopic (exact) mass is 461 g/mol. The summed E-state index contributed by atoms with van der Waals surface area (Å²) in [5.74, 6) is 2.38. The second-order valence-corrected chi connectivity index (χ2v) is 8.68. The molecule has 1 aliphatic rings. The molecule has 0 spiro atoms. The lowest BCUT2D eigenvalue weighted by molar-refractivity contribution is -0.131. The van der Waals surface area contributed by atoms with E-state index >= 15 is 0 Å². The molecule has 3 aromatic heterocycles. The van der Waals surface area contributed by atoms with E-state index in [1.165, 1.54) is 11.8 Å². The SMILES string of the molecule is O=C1CCCCCN1Cc1nnc(SCc2nc(-c3ccccc3)no2)n1-c1cccnc1. The van der Waals surface area contributed by atoms with Gasteiger partial charge in [-0.3, -0.25) is 14.3 Å².